The van der Waals surface area contributed by atoms with Gasteiger partial charge in [0.15, 0.2) is 11.5 Å². The first-order valence-electron chi connectivity index (χ1n) is 10.3. The fraction of sp³-hybridized carbons (Fsp3) is 0.125. The topological polar surface area (TPSA) is 98.5 Å². The maximum atomic E-state index is 12.9. The molecule has 0 bridgehead atoms. The van der Waals surface area contributed by atoms with Gasteiger partial charge >= 0.3 is 6.03 Å². The van der Waals surface area contributed by atoms with Crippen molar-refractivity contribution in [2.75, 3.05) is 18.5 Å². The monoisotopic (exact) mass is 462 g/mol. The van der Waals surface area contributed by atoms with Crippen molar-refractivity contribution in [2.24, 2.45) is 0 Å². The highest BCUT2D eigenvalue weighted by Crippen LogP contribution is 2.33. The summed E-state index contributed by atoms with van der Waals surface area (Å²) in [6, 6.07) is 20.6. The van der Waals surface area contributed by atoms with Crippen LogP contribution >= 0.6 is 11.6 Å². The van der Waals surface area contributed by atoms with E-state index in [-0.39, 0.29) is 5.89 Å². The molecule has 33 heavy (non-hydrogen) atoms. The number of hydrogen-bond donors (Lipinski definition) is 2. The summed E-state index contributed by atoms with van der Waals surface area (Å²) in [5.41, 5.74) is 2.09. The van der Waals surface area contributed by atoms with Crippen LogP contribution in [0.2, 0.25) is 5.02 Å². The number of nitrogens with one attached hydrogen (secondary N) is 2. The average molecular weight is 463 g/mol. The third-order valence-corrected chi connectivity index (χ3v) is 5.24. The van der Waals surface area contributed by atoms with Gasteiger partial charge in [-0.25, -0.2) is 4.79 Å². The molecule has 1 unspecified atom stereocenters. The number of nitrogens with zero attached hydrogens (tertiary/aromatic N) is 2. The van der Waals surface area contributed by atoms with E-state index < -0.39 is 12.1 Å². The van der Waals surface area contributed by atoms with E-state index in [4.69, 9.17) is 25.5 Å². The number of fused-ring (bicyclic) bond motifs is 1. The van der Waals surface area contributed by atoms with Crippen LogP contribution in [0.25, 0.3) is 11.5 Å². The number of aromatic nitrogens is 2. The van der Waals surface area contributed by atoms with Gasteiger partial charge in [0.1, 0.15) is 19.3 Å². The molecule has 1 aliphatic heterocycles. The second-order valence-corrected chi connectivity index (χ2v) is 7.69. The highest BCUT2D eigenvalue weighted by atomic mass is 35.5. The Balaban J connectivity index is 1.37. The molecule has 4 aromatic rings. The van der Waals surface area contributed by atoms with Crippen LogP contribution < -0.4 is 20.1 Å². The predicted octanol–water partition coefficient (Wildman–Crippen LogP) is 5.07. The summed E-state index contributed by atoms with van der Waals surface area (Å²) in [6.07, 6.45) is 0. The second kappa shape index (κ2) is 9.22. The van der Waals surface area contributed by atoms with E-state index in [2.05, 4.69) is 20.8 Å². The van der Waals surface area contributed by atoms with Gasteiger partial charge in [-0.2, -0.15) is 0 Å². The summed E-state index contributed by atoms with van der Waals surface area (Å²) in [5, 5.41) is 14.7. The van der Waals surface area contributed by atoms with Crippen LogP contribution in [-0.4, -0.2) is 29.4 Å². The number of carbonyl (C=O) groups excluding carboxylic acids is 1. The van der Waals surface area contributed by atoms with Crippen molar-refractivity contribution < 1.29 is 18.7 Å². The molecule has 2 N–H and O–H groups in total. The van der Waals surface area contributed by atoms with Crippen molar-refractivity contribution in [1.29, 1.82) is 0 Å². The van der Waals surface area contributed by atoms with Crippen LogP contribution in [0.1, 0.15) is 17.5 Å². The lowest BCUT2D eigenvalue weighted by atomic mass is 10.1. The second-order valence-electron chi connectivity index (χ2n) is 7.25. The minimum atomic E-state index is -0.656. The summed E-state index contributed by atoms with van der Waals surface area (Å²) < 4.78 is 17.0. The smallest absolute Gasteiger partial charge is 0.320 e. The van der Waals surface area contributed by atoms with Crippen molar-refractivity contribution in [2.45, 2.75) is 6.04 Å². The van der Waals surface area contributed by atoms with Gasteiger partial charge in [-0.1, -0.05) is 41.9 Å². The Morgan fingerprint density at radius 1 is 0.909 bits per heavy atom. The number of amides is 2. The molecule has 0 saturated heterocycles. The van der Waals surface area contributed by atoms with Crippen LogP contribution in [0.4, 0.5) is 10.5 Å². The lowest BCUT2D eigenvalue weighted by Gasteiger charge is -2.20. The first-order chi connectivity index (χ1) is 16.2. The van der Waals surface area contributed by atoms with Gasteiger partial charge in [0.2, 0.25) is 11.8 Å². The molecule has 0 aliphatic carbocycles. The van der Waals surface area contributed by atoms with Crippen molar-refractivity contribution in [3.63, 3.8) is 0 Å². The van der Waals surface area contributed by atoms with Crippen molar-refractivity contribution >= 4 is 23.3 Å². The van der Waals surface area contributed by atoms with E-state index in [0.29, 0.717) is 41.3 Å². The maximum Gasteiger partial charge on any atom is 0.320 e. The summed E-state index contributed by atoms with van der Waals surface area (Å²) in [6.45, 7) is 0.965. The van der Waals surface area contributed by atoms with Gasteiger partial charge in [0, 0.05) is 22.3 Å². The number of benzene rings is 3. The number of rotatable bonds is 5. The van der Waals surface area contributed by atoms with Crippen LogP contribution in [0.5, 0.6) is 11.5 Å². The molecule has 1 aromatic heterocycles. The van der Waals surface area contributed by atoms with Gasteiger partial charge in [-0.3, -0.25) is 0 Å². The number of urea groups is 1. The van der Waals surface area contributed by atoms with Crippen molar-refractivity contribution in [3.8, 4) is 23.0 Å². The molecule has 5 rings (SSSR count). The molecule has 3 aromatic carbocycles. The molecule has 0 fully saturated rings. The van der Waals surface area contributed by atoms with Crippen molar-refractivity contribution in [1.82, 2.24) is 15.5 Å². The lowest BCUT2D eigenvalue weighted by molar-refractivity contribution is 0.171. The van der Waals surface area contributed by atoms with Gasteiger partial charge in [0.25, 0.3) is 0 Å². The van der Waals surface area contributed by atoms with Crippen LogP contribution in [0.15, 0.2) is 77.2 Å². The third-order valence-electron chi connectivity index (χ3n) is 4.99. The molecular formula is C24H19ClN4O4. The molecule has 2 heterocycles. The SMILES string of the molecule is O=C(Nc1ccc2c(c1)OCCO2)NC(c1ccccc1)c1nnc(-c2ccc(Cl)cc2)o1. The molecule has 1 atom stereocenters. The zero-order valence-corrected chi connectivity index (χ0v) is 18.1. The fourth-order valence-electron chi connectivity index (χ4n) is 3.41. The number of anilines is 1. The summed E-state index contributed by atoms with van der Waals surface area (Å²) in [7, 11) is 0. The third kappa shape index (κ3) is 4.75. The Bertz CT molecular complexity index is 1260. The van der Waals surface area contributed by atoms with E-state index in [1.54, 1.807) is 42.5 Å². The van der Waals surface area contributed by atoms with Crippen LogP contribution in [-0.2, 0) is 0 Å². The molecular weight excluding hydrogens is 444 g/mol. The van der Waals surface area contributed by atoms with E-state index in [1.165, 1.54) is 0 Å². The lowest BCUT2D eigenvalue weighted by Crippen LogP contribution is -2.33. The minimum Gasteiger partial charge on any atom is -0.486 e. The maximum absolute atomic E-state index is 12.9. The summed E-state index contributed by atoms with van der Waals surface area (Å²) >= 11 is 5.96. The fourth-order valence-corrected chi connectivity index (χ4v) is 3.54. The Kier molecular flexibility index (Phi) is 5.82. The van der Waals surface area contributed by atoms with E-state index in [0.717, 1.165) is 11.1 Å². The summed E-state index contributed by atoms with van der Waals surface area (Å²) in [4.78, 5) is 12.9. The van der Waals surface area contributed by atoms with Gasteiger partial charge in [0.05, 0.1) is 0 Å². The van der Waals surface area contributed by atoms with Crippen LogP contribution in [0.3, 0.4) is 0 Å². The first kappa shape index (κ1) is 20.8. The number of halogens is 1. The highest BCUT2D eigenvalue weighted by molar-refractivity contribution is 6.30. The Labute approximate surface area is 194 Å². The van der Waals surface area contributed by atoms with Gasteiger partial charge < -0.3 is 24.5 Å². The normalized spacial score (nSPS) is 13.2. The Morgan fingerprint density at radius 3 is 2.45 bits per heavy atom. The Morgan fingerprint density at radius 2 is 1.67 bits per heavy atom. The Hall–Kier alpha value is -4.04. The minimum absolute atomic E-state index is 0.253. The van der Waals surface area contributed by atoms with Crippen LogP contribution in [0, 0.1) is 0 Å². The molecule has 0 radical (unpaired) electrons. The van der Waals surface area contributed by atoms with E-state index >= 15 is 0 Å². The highest BCUT2D eigenvalue weighted by Gasteiger charge is 2.24. The van der Waals surface area contributed by atoms with Crippen molar-refractivity contribution in [3.05, 3.63) is 89.3 Å². The quantitative estimate of drug-likeness (QED) is 0.429. The molecule has 0 spiro atoms. The first-order valence-corrected chi connectivity index (χ1v) is 10.6. The standard InChI is InChI=1S/C24H19ClN4O4/c25-17-8-6-16(7-9-17)22-28-29-23(33-22)21(15-4-2-1-3-5-15)27-24(30)26-18-10-11-19-20(14-18)32-13-12-31-19/h1-11,14,21H,12-13H2,(H2,26,27,30). The zero-order valence-electron chi connectivity index (χ0n) is 17.3. The molecule has 8 nitrogen and oxygen atoms in total. The van der Waals surface area contributed by atoms with E-state index in [9.17, 15) is 4.79 Å². The molecule has 1 aliphatic rings. The molecule has 0 saturated carbocycles. The number of hydrogen-bond acceptors (Lipinski definition) is 6. The average Bonchev–Trinajstić information content (AvgIpc) is 3.33. The zero-order chi connectivity index (χ0) is 22.6. The largest absolute Gasteiger partial charge is 0.486 e. The molecule has 9 heteroatoms. The number of carbonyl (C=O) groups is 1. The molecule has 2 amide bonds. The number of ether oxygens (including phenoxy) is 2. The summed E-state index contributed by atoms with van der Waals surface area (Å²) in [5.74, 6) is 1.82. The van der Waals surface area contributed by atoms with E-state index in [1.807, 2.05) is 30.3 Å². The molecule has 166 valence electrons. The van der Waals surface area contributed by atoms with Gasteiger partial charge in [-0.15, -0.1) is 10.2 Å². The predicted molar refractivity (Wildman–Crippen MR) is 123 cm³/mol. The van der Waals surface area contributed by atoms with Gasteiger partial charge in [-0.05, 0) is 42.0 Å².